The van der Waals surface area contributed by atoms with Gasteiger partial charge in [0.25, 0.3) is 6.47 Å². The number of rotatable bonds is 3. The maximum atomic E-state index is 10.1. The van der Waals surface area contributed by atoms with Gasteiger partial charge in [-0.15, -0.1) is 0 Å². The van der Waals surface area contributed by atoms with Crippen molar-refractivity contribution in [3.8, 4) is 0 Å². The molecule has 0 fully saturated rings. The first kappa shape index (κ1) is 9.25. The van der Waals surface area contributed by atoms with Crippen molar-refractivity contribution in [2.75, 3.05) is 6.61 Å². The number of hydrogen-bond donors (Lipinski definition) is 0. The van der Waals surface area contributed by atoms with Gasteiger partial charge in [0, 0.05) is 5.92 Å². The van der Waals surface area contributed by atoms with Crippen molar-refractivity contribution in [2.45, 2.75) is 25.2 Å². The van der Waals surface area contributed by atoms with Crippen molar-refractivity contribution in [3.05, 3.63) is 35.4 Å². The molecule has 0 bridgehead atoms. The molecule has 0 saturated heterocycles. The molecule has 2 nitrogen and oxygen atoms in total. The minimum absolute atomic E-state index is 0.408. The Morgan fingerprint density at radius 2 is 2.29 bits per heavy atom. The molecule has 0 aliphatic heterocycles. The van der Waals surface area contributed by atoms with Gasteiger partial charge in [-0.3, -0.25) is 4.79 Å². The lowest BCUT2D eigenvalue weighted by Gasteiger charge is -2.24. The van der Waals surface area contributed by atoms with Crippen LogP contribution in [0.4, 0.5) is 0 Å². The van der Waals surface area contributed by atoms with E-state index in [4.69, 9.17) is 4.74 Å². The number of ether oxygens (including phenoxy) is 1. The van der Waals surface area contributed by atoms with Crippen LogP contribution in [0.1, 0.15) is 29.9 Å². The summed E-state index contributed by atoms with van der Waals surface area (Å²) in [6.45, 7) is 1.07. The Hall–Kier alpha value is -1.31. The molecule has 0 amide bonds. The van der Waals surface area contributed by atoms with E-state index in [1.165, 1.54) is 17.5 Å². The Morgan fingerprint density at radius 1 is 1.43 bits per heavy atom. The summed E-state index contributed by atoms with van der Waals surface area (Å²) in [6, 6.07) is 8.44. The molecule has 1 atom stereocenters. The van der Waals surface area contributed by atoms with E-state index in [0.29, 0.717) is 19.0 Å². The van der Waals surface area contributed by atoms with Crippen LogP contribution in [0.5, 0.6) is 0 Å². The molecule has 0 N–H and O–H groups in total. The fraction of sp³-hybridized carbons (Fsp3) is 0.417. The number of carbonyl (C=O) groups excluding carboxylic acids is 1. The average molecular weight is 190 g/mol. The summed E-state index contributed by atoms with van der Waals surface area (Å²) in [5, 5.41) is 0. The minimum atomic E-state index is 0.408. The van der Waals surface area contributed by atoms with Crippen LogP contribution in [-0.4, -0.2) is 13.1 Å². The van der Waals surface area contributed by atoms with Crippen LogP contribution < -0.4 is 0 Å². The second kappa shape index (κ2) is 4.27. The van der Waals surface area contributed by atoms with Crippen LogP contribution in [0.25, 0.3) is 0 Å². The lowest BCUT2D eigenvalue weighted by molar-refractivity contribution is -0.129. The van der Waals surface area contributed by atoms with Crippen molar-refractivity contribution in [1.82, 2.24) is 0 Å². The van der Waals surface area contributed by atoms with Gasteiger partial charge in [-0.25, -0.2) is 0 Å². The molecule has 0 aromatic heterocycles. The van der Waals surface area contributed by atoms with Gasteiger partial charge >= 0.3 is 0 Å². The Balaban J connectivity index is 2.17. The lowest BCUT2D eigenvalue weighted by atomic mass is 9.83. The zero-order valence-corrected chi connectivity index (χ0v) is 8.11. The van der Waals surface area contributed by atoms with Gasteiger partial charge in [0.1, 0.15) is 0 Å². The summed E-state index contributed by atoms with van der Waals surface area (Å²) < 4.78 is 4.85. The first-order valence-corrected chi connectivity index (χ1v) is 5.05. The summed E-state index contributed by atoms with van der Waals surface area (Å²) in [6.07, 6.45) is 3.49. The SMILES string of the molecule is O=COCC1CCCc2ccccc21. The smallest absolute Gasteiger partial charge is 0.293 e. The van der Waals surface area contributed by atoms with Crippen LogP contribution >= 0.6 is 0 Å². The predicted octanol–water partition coefficient (Wildman–Crippen LogP) is 2.28. The third-order valence-electron chi connectivity index (χ3n) is 2.86. The highest BCUT2D eigenvalue weighted by molar-refractivity contribution is 5.38. The predicted molar refractivity (Wildman–Crippen MR) is 54.1 cm³/mol. The van der Waals surface area contributed by atoms with Gasteiger partial charge in [-0.05, 0) is 30.4 Å². The molecule has 1 aliphatic rings. The van der Waals surface area contributed by atoms with Crippen molar-refractivity contribution in [3.63, 3.8) is 0 Å². The summed E-state index contributed by atoms with van der Waals surface area (Å²) in [5.74, 6) is 0.408. The van der Waals surface area contributed by atoms with Gasteiger partial charge in [-0.1, -0.05) is 24.3 Å². The number of benzene rings is 1. The first-order chi connectivity index (χ1) is 6.92. The topological polar surface area (TPSA) is 26.3 Å². The fourth-order valence-electron chi connectivity index (χ4n) is 2.18. The van der Waals surface area contributed by atoms with Crippen molar-refractivity contribution in [1.29, 1.82) is 0 Å². The second-order valence-corrected chi connectivity index (χ2v) is 3.72. The molecule has 0 spiro atoms. The quantitative estimate of drug-likeness (QED) is 0.683. The van der Waals surface area contributed by atoms with Crippen molar-refractivity contribution in [2.24, 2.45) is 0 Å². The Morgan fingerprint density at radius 3 is 3.14 bits per heavy atom. The maximum Gasteiger partial charge on any atom is 0.293 e. The molecule has 1 aromatic carbocycles. The molecule has 1 aromatic rings. The Kier molecular flexibility index (Phi) is 2.82. The van der Waals surface area contributed by atoms with Crippen molar-refractivity contribution >= 4 is 6.47 Å². The Labute approximate surface area is 83.9 Å². The average Bonchev–Trinajstić information content (AvgIpc) is 2.26. The van der Waals surface area contributed by atoms with Gasteiger partial charge in [0.2, 0.25) is 0 Å². The molecule has 2 rings (SSSR count). The van der Waals surface area contributed by atoms with Gasteiger partial charge in [0.15, 0.2) is 0 Å². The molecule has 1 aliphatic carbocycles. The molecular formula is C12H14O2. The molecule has 0 radical (unpaired) electrons. The number of carbonyl (C=O) groups is 1. The van der Waals surface area contributed by atoms with Gasteiger partial charge < -0.3 is 4.74 Å². The summed E-state index contributed by atoms with van der Waals surface area (Å²) in [7, 11) is 0. The molecule has 0 heterocycles. The van der Waals surface area contributed by atoms with Gasteiger partial charge in [0.05, 0.1) is 6.61 Å². The monoisotopic (exact) mass is 190 g/mol. The minimum Gasteiger partial charge on any atom is -0.467 e. The first-order valence-electron chi connectivity index (χ1n) is 5.05. The lowest BCUT2D eigenvalue weighted by Crippen LogP contribution is -2.14. The van der Waals surface area contributed by atoms with Crippen LogP contribution in [0.3, 0.4) is 0 Å². The standard InChI is InChI=1S/C12H14O2/c13-9-14-8-11-6-3-5-10-4-1-2-7-12(10)11/h1-2,4,7,9,11H,3,5-6,8H2. The number of fused-ring (bicyclic) bond motifs is 1. The second-order valence-electron chi connectivity index (χ2n) is 3.72. The number of aryl methyl sites for hydroxylation is 1. The highest BCUT2D eigenvalue weighted by Crippen LogP contribution is 2.31. The third kappa shape index (κ3) is 1.79. The highest BCUT2D eigenvalue weighted by Gasteiger charge is 2.19. The largest absolute Gasteiger partial charge is 0.467 e. The van der Waals surface area contributed by atoms with Crippen LogP contribution in [-0.2, 0) is 16.0 Å². The van der Waals surface area contributed by atoms with E-state index in [9.17, 15) is 4.79 Å². The van der Waals surface area contributed by atoms with E-state index >= 15 is 0 Å². The van der Waals surface area contributed by atoms with Crippen LogP contribution in [0, 0.1) is 0 Å². The molecule has 1 unspecified atom stereocenters. The van der Waals surface area contributed by atoms with E-state index in [2.05, 4.69) is 24.3 Å². The Bertz CT molecular complexity index is 320. The zero-order valence-electron chi connectivity index (χ0n) is 8.11. The van der Waals surface area contributed by atoms with E-state index in [0.717, 1.165) is 12.8 Å². The van der Waals surface area contributed by atoms with Crippen LogP contribution in [0.15, 0.2) is 24.3 Å². The summed E-state index contributed by atoms with van der Waals surface area (Å²) >= 11 is 0. The highest BCUT2D eigenvalue weighted by atomic mass is 16.5. The molecule has 2 heteroatoms. The third-order valence-corrected chi connectivity index (χ3v) is 2.86. The molecule has 14 heavy (non-hydrogen) atoms. The van der Waals surface area contributed by atoms with Crippen molar-refractivity contribution < 1.29 is 9.53 Å². The molecular weight excluding hydrogens is 176 g/mol. The number of hydrogen-bond acceptors (Lipinski definition) is 2. The molecule has 74 valence electrons. The normalized spacial score (nSPS) is 19.9. The summed E-state index contributed by atoms with van der Waals surface area (Å²) in [4.78, 5) is 10.1. The summed E-state index contributed by atoms with van der Waals surface area (Å²) in [5.41, 5.74) is 2.78. The van der Waals surface area contributed by atoms with Crippen LogP contribution in [0.2, 0.25) is 0 Å². The van der Waals surface area contributed by atoms with Gasteiger partial charge in [-0.2, -0.15) is 0 Å². The van der Waals surface area contributed by atoms with E-state index in [-0.39, 0.29) is 0 Å². The van der Waals surface area contributed by atoms with E-state index in [1.807, 2.05) is 0 Å². The fourth-order valence-corrected chi connectivity index (χ4v) is 2.18. The zero-order chi connectivity index (χ0) is 9.80. The maximum absolute atomic E-state index is 10.1. The molecule has 0 saturated carbocycles. The van der Waals surface area contributed by atoms with E-state index in [1.54, 1.807) is 0 Å². The van der Waals surface area contributed by atoms with E-state index < -0.39 is 0 Å².